The topological polar surface area (TPSA) is 204 Å². The van der Waals surface area contributed by atoms with Gasteiger partial charge in [-0.1, -0.05) is 49.7 Å². The number of hydrogen-bond donors (Lipinski definition) is 4. The first-order valence-electron chi connectivity index (χ1n) is 20.4. The van der Waals surface area contributed by atoms with E-state index in [-0.39, 0.29) is 72.1 Å². The van der Waals surface area contributed by atoms with Crippen molar-refractivity contribution < 1.29 is 81.9 Å². The van der Waals surface area contributed by atoms with E-state index in [1.807, 2.05) is 16.9 Å². The highest BCUT2D eigenvalue weighted by Gasteiger charge is 2.38. The predicted octanol–water partition coefficient (Wildman–Crippen LogP) is 10.3. The molecular formula is C47H42F6N2O12S2. The van der Waals surface area contributed by atoms with Gasteiger partial charge in [-0.05, 0) is 115 Å². The molecule has 22 heteroatoms. The Morgan fingerprint density at radius 2 is 0.884 bits per heavy atom. The van der Waals surface area contributed by atoms with Gasteiger partial charge in [-0.15, -0.1) is 0 Å². The molecule has 0 saturated carbocycles. The van der Waals surface area contributed by atoms with Crippen LogP contribution in [0.5, 0.6) is 23.0 Å². The Morgan fingerprint density at radius 1 is 0.507 bits per heavy atom. The normalized spacial score (nSPS) is 11.6. The van der Waals surface area contributed by atoms with Crippen LogP contribution in [0, 0.1) is 0 Å². The van der Waals surface area contributed by atoms with E-state index in [2.05, 4.69) is 11.6 Å². The number of nitrogens with one attached hydrogen (secondary N) is 2. The number of aromatic carboxylic acids is 2. The Balaban J connectivity index is 0.000000260. The lowest BCUT2D eigenvalue weighted by Crippen LogP contribution is -2.18. The monoisotopic (exact) mass is 1000 g/mol. The molecule has 0 bridgehead atoms. The molecule has 0 aliphatic rings. The van der Waals surface area contributed by atoms with Gasteiger partial charge in [-0.3, -0.25) is 9.44 Å². The maximum absolute atomic E-state index is 13.1. The number of benzene rings is 6. The largest absolute Gasteiger partial charge is 0.490 e. The average molecular weight is 1000 g/mol. The molecule has 0 aliphatic carbocycles. The smallest absolute Gasteiger partial charge is 0.416 e. The maximum atomic E-state index is 13.1. The Bertz CT molecular complexity index is 2880. The third-order valence-electron chi connectivity index (χ3n) is 9.33. The summed E-state index contributed by atoms with van der Waals surface area (Å²) >= 11 is 0. The van der Waals surface area contributed by atoms with Crippen molar-refractivity contribution in [2.75, 3.05) is 35.9 Å². The second-order valence-electron chi connectivity index (χ2n) is 14.4. The molecular weight excluding hydrogens is 963 g/mol. The standard InChI is InChI=1S/C24H25NO6S.C23H17F6NO6S/c1-2-5-18-8-14-21(15-9-18)32(28,29)25-22-6-3-4-7-23(22)31-17-16-30-20-12-10-19(11-13-20)24(26)27;24-22(25,26)15-11-16(23(27,28)29)13-18(12-15)37(33,34)30-19-3-1-2-4-20(19)36-10-9-35-17-7-5-14(6-8-17)21(31)32/h3-4,6-15,25H,2,5,16-17H2,1H3,(H,26,27);1-8,11-13,30H,9-10H2,(H,31,32). The third kappa shape index (κ3) is 15.5. The summed E-state index contributed by atoms with van der Waals surface area (Å²) in [6.07, 6.45) is -8.55. The Kier molecular flexibility index (Phi) is 17.5. The van der Waals surface area contributed by atoms with Crippen molar-refractivity contribution in [3.8, 4) is 23.0 Å². The molecule has 366 valence electrons. The van der Waals surface area contributed by atoms with Gasteiger partial charge in [-0.2, -0.15) is 26.3 Å². The zero-order valence-corrected chi connectivity index (χ0v) is 37.7. The van der Waals surface area contributed by atoms with Gasteiger partial charge in [-0.25, -0.2) is 26.4 Å². The van der Waals surface area contributed by atoms with E-state index in [0.29, 0.717) is 22.9 Å². The highest BCUT2D eigenvalue weighted by Crippen LogP contribution is 2.38. The van der Waals surface area contributed by atoms with Gasteiger partial charge in [0.25, 0.3) is 20.0 Å². The molecule has 14 nitrogen and oxygen atoms in total. The van der Waals surface area contributed by atoms with Crippen LogP contribution in [0.4, 0.5) is 37.7 Å². The van der Waals surface area contributed by atoms with E-state index < -0.39 is 60.4 Å². The van der Waals surface area contributed by atoms with Crippen molar-refractivity contribution in [1.29, 1.82) is 0 Å². The van der Waals surface area contributed by atoms with Gasteiger partial charge >= 0.3 is 24.3 Å². The van der Waals surface area contributed by atoms with Gasteiger partial charge < -0.3 is 29.2 Å². The summed E-state index contributed by atoms with van der Waals surface area (Å²) in [5.41, 5.74) is -2.15. The van der Waals surface area contributed by atoms with Crippen molar-refractivity contribution in [1.82, 2.24) is 0 Å². The van der Waals surface area contributed by atoms with Crippen LogP contribution in [-0.4, -0.2) is 65.4 Å². The first-order chi connectivity index (χ1) is 32.6. The first kappa shape index (κ1) is 52.5. The van der Waals surface area contributed by atoms with Gasteiger partial charge in [0, 0.05) is 0 Å². The van der Waals surface area contributed by atoms with Crippen molar-refractivity contribution in [3.63, 3.8) is 0 Å². The number of carboxylic acids is 2. The van der Waals surface area contributed by atoms with E-state index >= 15 is 0 Å². The minimum Gasteiger partial charge on any atom is -0.490 e. The summed E-state index contributed by atoms with van der Waals surface area (Å²) in [7, 11) is -8.66. The number of ether oxygens (including phenoxy) is 4. The zero-order valence-electron chi connectivity index (χ0n) is 36.1. The van der Waals surface area contributed by atoms with Crippen LogP contribution >= 0.6 is 0 Å². The van der Waals surface area contributed by atoms with Crippen molar-refractivity contribution in [2.45, 2.75) is 41.9 Å². The molecule has 6 aromatic rings. The molecule has 0 atom stereocenters. The fourth-order valence-electron chi connectivity index (χ4n) is 5.98. The van der Waals surface area contributed by atoms with Crippen LogP contribution in [-0.2, 0) is 38.8 Å². The highest BCUT2D eigenvalue weighted by atomic mass is 32.2. The van der Waals surface area contributed by atoms with E-state index in [1.165, 1.54) is 60.7 Å². The zero-order chi connectivity index (χ0) is 50.4. The molecule has 0 radical (unpaired) electrons. The molecule has 0 fully saturated rings. The molecule has 6 rings (SSSR count). The van der Waals surface area contributed by atoms with Crippen molar-refractivity contribution >= 4 is 43.4 Å². The summed E-state index contributed by atoms with van der Waals surface area (Å²) in [6, 6.07) is 30.5. The second kappa shape index (κ2) is 23.0. The number of para-hydroxylation sites is 4. The SMILES string of the molecule is CCCc1ccc(S(=O)(=O)Nc2ccccc2OCCOc2ccc(C(=O)O)cc2)cc1.O=C(O)c1ccc(OCCOc2ccccc2NS(=O)(=O)c2cc(C(F)(F)F)cc(C(F)(F)F)c2)cc1. The van der Waals surface area contributed by atoms with Crippen LogP contribution < -0.4 is 28.4 Å². The molecule has 0 spiro atoms. The number of halogens is 6. The number of alkyl halides is 6. The minimum absolute atomic E-state index is 0.0490. The van der Waals surface area contributed by atoms with E-state index in [1.54, 1.807) is 48.5 Å². The number of aryl methyl sites for hydroxylation is 1. The highest BCUT2D eigenvalue weighted by molar-refractivity contribution is 7.93. The molecule has 4 N–H and O–H groups in total. The Morgan fingerprint density at radius 3 is 1.26 bits per heavy atom. The number of sulfonamides is 2. The van der Waals surface area contributed by atoms with Gasteiger partial charge in [0.1, 0.15) is 49.4 Å². The summed E-state index contributed by atoms with van der Waals surface area (Å²) in [5, 5.41) is 17.8. The lowest BCUT2D eigenvalue weighted by Gasteiger charge is -2.16. The lowest BCUT2D eigenvalue weighted by molar-refractivity contribution is -0.143. The Hall–Kier alpha value is -7.46. The average Bonchev–Trinajstić information content (AvgIpc) is 3.30. The predicted molar refractivity (Wildman–Crippen MR) is 240 cm³/mol. The van der Waals surface area contributed by atoms with Crippen molar-refractivity contribution in [2.24, 2.45) is 0 Å². The fraction of sp³-hybridized carbons (Fsp3) is 0.191. The molecule has 0 heterocycles. The van der Waals surface area contributed by atoms with Crippen LogP contribution in [0.2, 0.25) is 0 Å². The number of rotatable bonds is 20. The van der Waals surface area contributed by atoms with Crippen LogP contribution in [0.25, 0.3) is 0 Å². The molecule has 0 saturated heterocycles. The minimum atomic E-state index is -5.22. The quantitative estimate of drug-likeness (QED) is 0.0417. The summed E-state index contributed by atoms with van der Waals surface area (Å²) in [5.74, 6) is -0.973. The van der Waals surface area contributed by atoms with Gasteiger partial charge in [0.05, 0.1) is 43.4 Å². The summed E-state index contributed by atoms with van der Waals surface area (Å²) in [6.45, 7) is 2.25. The first-order valence-corrected chi connectivity index (χ1v) is 23.3. The van der Waals surface area contributed by atoms with E-state index in [4.69, 9.17) is 29.2 Å². The van der Waals surface area contributed by atoms with Crippen LogP contribution in [0.3, 0.4) is 0 Å². The van der Waals surface area contributed by atoms with Gasteiger partial charge in [0.2, 0.25) is 0 Å². The third-order valence-corrected chi connectivity index (χ3v) is 12.1. The Labute approximate surface area is 392 Å². The van der Waals surface area contributed by atoms with Gasteiger partial charge in [0.15, 0.2) is 0 Å². The van der Waals surface area contributed by atoms with Crippen molar-refractivity contribution in [3.05, 3.63) is 167 Å². The fourth-order valence-corrected chi connectivity index (χ4v) is 8.19. The number of carbonyl (C=O) groups is 2. The summed E-state index contributed by atoms with van der Waals surface area (Å²) < 4.78 is 156. The molecule has 0 aliphatic heterocycles. The number of anilines is 2. The molecule has 6 aromatic carbocycles. The molecule has 0 amide bonds. The molecule has 0 unspecified atom stereocenters. The maximum Gasteiger partial charge on any atom is 0.416 e. The molecule has 0 aromatic heterocycles. The molecule has 69 heavy (non-hydrogen) atoms. The summed E-state index contributed by atoms with van der Waals surface area (Å²) in [4.78, 5) is 20.7. The number of carboxylic acid groups (broad SMARTS) is 2. The second-order valence-corrected chi connectivity index (χ2v) is 17.8. The van der Waals surface area contributed by atoms with Crippen LogP contribution in [0.15, 0.2) is 149 Å². The van der Waals surface area contributed by atoms with E-state index in [9.17, 15) is 52.8 Å². The van der Waals surface area contributed by atoms with E-state index in [0.717, 1.165) is 18.4 Å². The number of hydrogen-bond acceptors (Lipinski definition) is 10. The van der Waals surface area contributed by atoms with Crippen LogP contribution in [0.1, 0.15) is 50.8 Å². The lowest BCUT2D eigenvalue weighted by atomic mass is 10.1.